The Morgan fingerprint density at radius 3 is 2.27 bits per heavy atom. The lowest BCUT2D eigenvalue weighted by Crippen LogP contribution is -2.42. The van der Waals surface area contributed by atoms with Crippen LogP contribution in [-0.4, -0.2) is 35.2 Å². The molecule has 3 N–H and O–H groups in total. The summed E-state index contributed by atoms with van der Waals surface area (Å²) in [7, 11) is -3.88. The van der Waals surface area contributed by atoms with Gasteiger partial charge in [0.1, 0.15) is 12.4 Å². The second-order valence-corrected chi connectivity index (χ2v) is 13.0. The van der Waals surface area contributed by atoms with Crippen molar-refractivity contribution in [2.24, 2.45) is 0 Å². The van der Waals surface area contributed by atoms with Gasteiger partial charge in [-0.25, -0.2) is 13.4 Å². The number of aliphatic hydroxyl groups excluding tert-OH is 1. The fourth-order valence-corrected chi connectivity index (χ4v) is 5.81. The van der Waals surface area contributed by atoms with E-state index in [4.69, 9.17) is 4.74 Å². The molecule has 0 saturated carbocycles. The third kappa shape index (κ3) is 8.35. The van der Waals surface area contributed by atoms with Crippen LogP contribution in [-0.2, 0) is 23.2 Å². The van der Waals surface area contributed by atoms with Crippen LogP contribution in [0.25, 0.3) is 11.3 Å². The monoisotopic (exact) mass is 610 g/mol. The number of aromatic nitrogens is 2. The smallest absolute Gasteiger partial charge is 0.262 e. The minimum absolute atomic E-state index is 0.136. The van der Waals surface area contributed by atoms with Gasteiger partial charge in [0.2, 0.25) is 0 Å². The molecule has 0 spiro atoms. The highest BCUT2D eigenvalue weighted by atomic mass is 32.2. The van der Waals surface area contributed by atoms with E-state index >= 15 is 0 Å². The zero-order valence-electron chi connectivity index (χ0n) is 24.9. The summed E-state index contributed by atoms with van der Waals surface area (Å²) in [5.41, 5.74) is 3.50. The molecule has 8 nitrogen and oxygen atoms in total. The molecule has 4 aromatic carbocycles. The standard InChI is InChI=1S/C35H38N4O4S/c1-35(2,20-21-39-24-32(36-26-39)28-14-8-4-9-15-28)37-23-33(40)29-18-19-34(43-25-27-12-6-3-7-13-27)31(22-29)38-44(41,42)30-16-10-5-11-17-30/h3-19,22,24,26,33,37-38,40H,20-21,23,25H2,1-2H3/t33-/m0/s1. The van der Waals surface area contributed by atoms with Crippen LogP contribution in [0.15, 0.2) is 127 Å². The number of β-amino-alcohol motifs (C(OH)–C–C–N with tert-alkyl or cyclic N) is 1. The second kappa shape index (κ2) is 13.9. The van der Waals surface area contributed by atoms with E-state index in [0.717, 1.165) is 29.8 Å². The van der Waals surface area contributed by atoms with Crippen LogP contribution in [0.5, 0.6) is 5.75 Å². The minimum Gasteiger partial charge on any atom is -0.487 e. The van der Waals surface area contributed by atoms with E-state index in [1.165, 1.54) is 12.1 Å². The maximum atomic E-state index is 13.2. The number of hydrogen-bond acceptors (Lipinski definition) is 6. The Morgan fingerprint density at radius 2 is 1.57 bits per heavy atom. The molecule has 0 unspecified atom stereocenters. The summed E-state index contributed by atoms with van der Waals surface area (Å²) in [6.07, 6.45) is 3.81. The fraction of sp³-hybridized carbons (Fsp3) is 0.229. The van der Waals surface area contributed by atoms with Crippen molar-refractivity contribution in [1.29, 1.82) is 0 Å². The van der Waals surface area contributed by atoms with Crippen molar-refractivity contribution in [3.63, 3.8) is 0 Å². The quantitative estimate of drug-likeness (QED) is 0.134. The predicted molar refractivity (Wildman–Crippen MR) is 174 cm³/mol. The van der Waals surface area contributed by atoms with E-state index in [2.05, 4.69) is 33.4 Å². The van der Waals surface area contributed by atoms with Crippen LogP contribution in [0.4, 0.5) is 5.69 Å². The average molecular weight is 611 g/mol. The number of sulfonamides is 1. The first-order chi connectivity index (χ1) is 21.2. The van der Waals surface area contributed by atoms with Gasteiger partial charge in [0.15, 0.2) is 0 Å². The number of hydrogen-bond donors (Lipinski definition) is 3. The number of nitrogens with zero attached hydrogens (tertiary/aromatic N) is 2. The van der Waals surface area contributed by atoms with Gasteiger partial charge in [0, 0.05) is 30.4 Å². The molecule has 5 aromatic rings. The van der Waals surface area contributed by atoms with Gasteiger partial charge in [-0.05, 0) is 55.7 Å². The molecule has 1 aromatic heterocycles. The molecule has 0 aliphatic carbocycles. The Morgan fingerprint density at radius 1 is 0.909 bits per heavy atom. The molecule has 9 heteroatoms. The third-order valence-electron chi connectivity index (χ3n) is 7.40. The van der Waals surface area contributed by atoms with E-state index in [1.807, 2.05) is 73.2 Å². The first-order valence-corrected chi connectivity index (χ1v) is 16.1. The van der Waals surface area contributed by atoms with Gasteiger partial charge in [0.05, 0.1) is 28.7 Å². The number of anilines is 1. The molecule has 44 heavy (non-hydrogen) atoms. The maximum Gasteiger partial charge on any atom is 0.262 e. The predicted octanol–water partition coefficient (Wildman–Crippen LogP) is 6.42. The highest BCUT2D eigenvalue weighted by Crippen LogP contribution is 2.31. The lowest BCUT2D eigenvalue weighted by Gasteiger charge is -2.28. The molecule has 0 fully saturated rings. The van der Waals surface area contributed by atoms with Crippen molar-refractivity contribution in [3.8, 4) is 17.0 Å². The largest absolute Gasteiger partial charge is 0.487 e. The average Bonchev–Trinajstić information content (AvgIpc) is 3.53. The molecular weight excluding hydrogens is 572 g/mol. The van der Waals surface area contributed by atoms with Crippen LogP contribution < -0.4 is 14.8 Å². The first-order valence-electron chi connectivity index (χ1n) is 14.6. The summed E-state index contributed by atoms with van der Waals surface area (Å²) in [5.74, 6) is 0.368. The van der Waals surface area contributed by atoms with Gasteiger partial charge < -0.3 is 19.7 Å². The van der Waals surface area contributed by atoms with E-state index in [9.17, 15) is 13.5 Å². The summed E-state index contributed by atoms with van der Waals surface area (Å²) in [6, 6.07) is 33.0. The number of aryl methyl sites for hydroxylation is 1. The first kappa shape index (κ1) is 31.0. The number of nitrogens with one attached hydrogen (secondary N) is 2. The molecule has 0 amide bonds. The van der Waals surface area contributed by atoms with E-state index in [0.29, 0.717) is 11.3 Å². The van der Waals surface area contributed by atoms with Crippen molar-refractivity contribution in [3.05, 3.63) is 133 Å². The molecule has 1 atom stereocenters. The summed E-state index contributed by atoms with van der Waals surface area (Å²) in [6.45, 7) is 5.49. The van der Waals surface area contributed by atoms with E-state index in [1.54, 1.807) is 36.4 Å². The number of imidazole rings is 1. The molecule has 0 aliphatic rings. The lowest BCUT2D eigenvalue weighted by molar-refractivity contribution is 0.158. The highest BCUT2D eigenvalue weighted by Gasteiger charge is 2.22. The number of benzene rings is 4. The van der Waals surface area contributed by atoms with Gasteiger partial charge in [0.25, 0.3) is 10.0 Å². The Bertz CT molecular complexity index is 1740. The number of rotatable bonds is 14. The summed E-state index contributed by atoms with van der Waals surface area (Å²) in [4.78, 5) is 4.67. The Kier molecular flexibility index (Phi) is 9.79. The fourth-order valence-electron chi connectivity index (χ4n) is 4.73. The van der Waals surface area contributed by atoms with Crippen molar-refractivity contribution in [2.45, 2.75) is 50.0 Å². The van der Waals surface area contributed by atoms with Gasteiger partial charge in [-0.3, -0.25) is 4.72 Å². The van der Waals surface area contributed by atoms with Crippen LogP contribution in [0.1, 0.15) is 37.5 Å². The maximum absolute atomic E-state index is 13.2. The van der Waals surface area contributed by atoms with Gasteiger partial charge >= 0.3 is 0 Å². The molecule has 5 rings (SSSR count). The van der Waals surface area contributed by atoms with Crippen molar-refractivity contribution < 1.29 is 18.3 Å². The van der Waals surface area contributed by atoms with Crippen LogP contribution in [0.2, 0.25) is 0 Å². The SMILES string of the molecule is CC(C)(CCn1cnc(-c2ccccc2)c1)NC[C@H](O)c1ccc(OCc2ccccc2)c(NS(=O)(=O)c2ccccc2)c1. The third-order valence-corrected chi connectivity index (χ3v) is 8.78. The number of aliphatic hydroxyl groups is 1. The molecule has 0 saturated heterocycles. The summed E-state index contributed by atoms with van der Waals surface area (Å²) < 4.78 is 37.1. The minimum atomic E-state index is -3.88. The van der Waals surface area contributed by atoms with Crippen LogP contribution in [0, 0.1) is 0 Å². The van der Waals surface area contributed by atoms with Gasteiger partial charge in [-0.2, -0.15) is 0 Å². The highest BCUT2D eigenvalue weighted by molar-refractivity contribution is 7.92. The van der Waals surface area contributed by atoms with Crippen molar-refractivity contribution in [2.75, 3.05) is 11.3 Å². The summed E-state index contributed by atoms with van der Waals surface area (Å²) >= 11 is 0. The topological polar surface area (TPSA) is 105 Å². The Balaban J connectivity index is 1.25. The number of ether oxygens (including phenoxy) is 1. The zero-order valence-corrected chi connectivity index (χ0v) is 25.7. The molecule has 0 radical (unpaired) electrons. The summed E-state index contributed by atoms with van der Waals surface area (Å²) in [5, 5.41) is 14.6. The van der Waals surface area contributed by atoms with E-state index in [-0.39, 0.29) is 29.3 Å². The van der Waals surface area contributed by atoms with Gasteiger partial charge in [-0.1, -0.05) is 84.9 Å². The Labute approximate surface area is 259 Å². The van der Waals surface area contributed by atoms with Crippen molar-refractivity contribution in [1.82, 2.24) is 14.9 Å². The van der Waals surface area contributed by atoms with Crippen molar-refractivity contribution >= 4 is 15.7 Å². The van der Waals surface area contributed by atoms with Gasteiger partial charge in [-0.15, -0.1) is 0 Å². The second-order valence-electron chi connectivity index (χ2n) is 11.3. The lowest BCUT2D eigenvalue weighted by atomic mass is 9.99. The molecule has 0 aliphatic heterocycles. The molecule has 1 heterocycles. The molecular formula is C35H38N4O4S. The van der Waals surface area contributed by atoms with Crippen LogP contribution in [0.3, 0.4) is 0 Å². The van der Waals surface area contributed by atoms with Crippen LogP contribution >= 0.6 is 0 Å². The van der Waals surface area contributed by atoms with E-state index < -0.39 is 16.1 Å². The zero-order chi connectivity index (χ0) is 31.0. The molecule has 0 bridgehead atoms. The normalized spacial score (nSPS) is 12.5. The Hall–Kier alpha value is -4.44. The molecule has 228 valence electrons.